The molecule has 2 atom stereocenters. The molecule has 6 rings (SSSR count). The Morgan fingerprint density at radius 1 is 0.632 bits per heavy atom. The highest BCUT2D eigenvalue weighted by Gasteiger charge is 2.37. The molecule has 4 N–H and O–H groups in total. The summed E-state index contributed by atoms with van der Waals surface area (Å²) in [6.45, 7) is 0.658. The summed E-state index contributed by atoms with van der Waals surface area (Å²) in [4.78, 5) is 44.2. The van der Waals surface area contributed by atoms with Crippen LogP contribution in [0.2, 0.25) is 0 Å². The van der Waals surface area contributed by atoms with Crippen molar-refractivity contribution in [1.82, 2.24) is 15.6 Å². The van der Waals surface area contributed by atoms with E-state index in [2.05, 4.69) is 57.3 Å². The molecular weight excluding hydrogens is 729 g/mol. The number of carboxylic acid groups (broad SMARTS) is 1. The highest BCUT2D eigenvalue weighted by atomic mass is 32.2. The first-order valence-corrected chi connectivity index (χ1v) is 20.3. The molecular formula is C48H48N4O4S. The Morgan fingerprint density at radius 2 is 1.18 bits per heavy atom. The van der Waals surface area contributed by atoms with Crippen molar-refractivity contribution in [2.45, 2.75) is 48.9 Å². The normalized spacial score (nSPS) is 12.2. The molecule has 1 heterocycles. The van der Waals surface area contributed by atoms with Crippen molar-refractivity contribution in [3.63, 3.8) is 0 Å². The first kappa shape index (κ1) is 40.5. The number of carbonyl (C=O) groups is 3. The second kappa shape index (κ2) is 20.6. The Bertz CT molecular complexity index is 2040. The van der Waals surface area contributed by atoms with Gasteiger partial charge in [-0.1, -0.05) is 152 Å². The summed E-state index contributed by atoms with van der Waals surface area (Å²) >= 11 is 1.71. The number of anilines is 1. The fourth-order valence-corrected chi connectivity index (χ4v) is 8.53. The van der Waals surface area contributed by atoms with E-state index in [9.17, 15) is 19.5 Å². The standard InChI is InChI=1S/C48H48N4O4S/c53-45(26-14-16-33-50-44-25-13-15-32-49-44)51-42(47(56)52-43(35-46(54)55)38-29-27-37(28-30-38)36-17-5-1-6-18-36)31-34-57-48(39-19-7-2-8-20-39,40-21-9-3-10-22-40)41-23-11-4-12-24-41/h1-13,15,17-25,27-30,32,42-43H,14,16,26,31,33-35H2,(H,49,50)(H,51,53)(H,52,56)(H,54,55)/t42-,43?/m0/s1. The van der Waals surface area contributed by atoms with Gasteiger partial charge in [0.25, 0.3) is 0 Å². The molecule has 5 aromatic carbocycles. The minimum Gasteiger partial charge on any atom is -0.481 e. The zero-order valence-corrected chi connectivity index (χ0v) is 32.6. The van der Waals surface area contributed by atoms with Crippen LogP contribution < -0.4 is 16.0 Å². The van der Waals surface area contributed by atoms with Gasteiger partial charge in [0.05, 0.1) is 17.2 Å². The smallest absolute Gasteiger partial charge is 0.305 e. The van der Waals surface area contributed by atoms with E-state index in [0.29, 0.717) is 30.7 Å². The largest absolute Gasteiger partial charge is 0.481 e. The lowest BCUT2D eigenvalue weighted by Crippen LogP contribution is -2.48. The number of hydrogen-bond acceptors (Lipinski definition) is 6. The van der Waals surface area contributed by atoms with E-state index in [1.165, 1.54) is 0 Å². The third-order valence-electron chi connectivity index (χ3n) is 9.83. The Hall–Kier alpha value is -6.19. The van der Waals surface area contributed by atoms with Gasteiger partial charge in [-0.25, -0.2) is 4.98 Å². The molecule has 1 unspecified atom stereocenters. The van der Waals surface area contributed by atoms with Crippen LogP contribution in [-0.4, -0.2) is 46.2 Å². The Morgan fingerprint density at radius 3 is 1.72 bits per heavy atom. The zero-order chi connectivity index (χ0) is 39.7. The van der Waals surface area contributed by atoms with E-state index in [1.54, 1.807) is 18.0 Å². The van der Waals surface area contributed by atoms with Crippen molar-refractivity contribution in [2.24, 2.45) is 0 Å². The minimum atomic E-state index is -1.04. The number of hydrogen-bond donors (Lipinski definition) is 4. The molecule has 2 amide bonds. The molecule has 0 aliphatic rings. The van der Waals surface area contributed by atoms with Gasteiger partial charge in [0.1, 0.15) is 11.9 Å². The summed E-state index contributed by atoms with van der Waals surface area (Å²) in [6.07, 6.45) is 3.32. The van der Waals surface area contributed by atoms with Crippen LogP contribution >= 0.6 is 11.8 Å². The minimum absolute atomic E-state index is 0.236. The van der Waals surface area contributed by atoms with Gasteiger partial charge in [0.15, 0.2) is 0 Å². The molecule has 0 bridgehead atoms. The van der Waals surface area contributed by atoms with Crippen LogP contribution in [-0.2, 0) is 19.1 Å². The fraction of sp³-hybridized carbons (Fsp3) is 0.208. The van der Waals surface area contributed by atoms with E-state index < -0.39 is 28.7 Å². The van der Waals surface area contributed by atoms with Crippen molar-refractivity contribution in [3.8, 4) is 11.1 Å². The maximum absolute atomic E-state index is 14.3. The number of unbranched alkanes of at least 4 members (excludes halogenated alkanes) is 1. The van der Waals surface area contributed by atoms with Gasteiger partial charge in [0, 0.05) is 19.2 Å². The van der Waals surface area contributed by atoms with Gasteiger partial charge in [0.2, 0.25) is 11.8 Å². The van der Waals surface area contributed by atoms with Crippen molar-refractivity contribution in [2.75, 3.05) is 17.6 Å². The Labute approximate surface area is 339 Å². The summed E-state index contributed by atoms with van der Waals surface area (Å²) in [6, 6.07) is 52.4. The average molecular weight is 777 g/mol. The van der Waals surface area contributed by atoms with Gasteiger partial charge in [-0.2, -0.15) is 0 Å². The molecule has 6 aromatic rings. The van der Waals surface area contributed by atoms with Crippen molar-refractivity contribution < 1.29 is 19.5 Å². The van der Waals surface area contributed by atoms with Crippen LogP contribution in [0.4, 0.5) is 5.82 Å². The molecule has 8 nitrogen and oxygen atoms in total. The number of benzene rings is 5. The number of aromatic nitrogens is 1. The molecule has 0 fully saturated rings. The summed E-state index contributed by atoms with van der Waals surface area (Å²) in [5.74, 6) is -0.426. The van der Waals surface area contributed by atoms with Crippen LogP contribution in [0, 0.1) is 0 Å². The number of nitrogens with one attached hydrogen (secondary N) is 3. The summed E-state index contributed by atoms with van der Waals surface area (Å²) in [5.41, 5.74) is 5.97. The van der Waals surface area contributed by atoms with Crippen LogP contribution in [0.25, 0.3) is 11.1 Å². The lowest BCUT2D eigenvalue weighted by molar-refractivity contribution is -0.138. The van der Waals surface area contributed by atoms with Gasteiger partial charge < -0.3 is 21.1 Å². The lowest BCUT2D eigenvalue weighted by Gasteiger charge is -2.36. The molecule has 290 valence electrons. The predicted octanol–water partition coefficient (Wildman–Crippen LogP) is 9.26. The number of rotatable bonds is 20. The summed E-state index contributed by atoms with van der Waals surface area (Å²) in [5, 5.41) is 19.2. The van der Waals surface area contributed by atoms with Crippen molar-refractivity contribution >= 4 is 35.4 Å². The lowest BCUT2D eigenvalue weighted by atomic mass is 9.84. The number of pyridine rings is 1. The van der Waals surface area contributed by atoms with E-state index in [0.717, 1.165) is 40.1 Å². The molecule has 9 heteroatoms. The number of aliphatic carboxylic acids is 1. The number of carboxylic acids is 1. The number of nitrogens with zero attached hydrogens (tertiary/aromatic N) is 1. The molecule has 0 saturated carbocycles. The summed E-state index contributed by atoms with van der Waals surface area (Å²) < 4.78 is -0.609. The van der Waals surface area contributed by atoms with Crippen LogP contribution in [0.15, 0.2) is 170 Å². The molecule has 0 saturated heterocycles. The second-order valence-corrected chi connectivity index (χ2v) is 15.1. The molecule has 0 aliphatic heterocycles. The van der Waals surface area contributed by atoms with E-state index in [4.69, 9.17) is 0 Å². The van der Waals surface area contributed by atoms with Gasteiger partial charge >= 0.3 is 5.97 Å². The molecule has 0 spiro atoms. The first-order chi connectivity index (χ1) is 27.9. The third kappa shape index (κ3) is 11.2. The predicted molar refractivity (Wildman–Crippen MR) is 230 cm³/mol. The molecule has 57 heavy (non-hydrogen) atoms. The number of amides is 2. The highest BCUT2D eigenvalue weighted by Crippen LogP contribution is 2.48. The quantitative estimate of drug-likeness (QED) is 0.0451. The monoisotopic (exact) mass is 776 g/mol. The zero-order valence-electron chi connectivity index (χ0n) is 31.8. The third-order valence-corrected chi connectivity index (χ3v) is 11.4. The fourth-order valence-electron chi connectivity index (χ4n) is 6.97. The highest BCUT2D eigenvalue weighted by molar-refractivity contribution is 8.00. The maximum Gasteiger partial charge on any atom is 0.305 e. The van der Waals surface area contributed by atoms with Crippen molar-refractivity contribution in [3.05, 3.63) is 192 Å². The van der Waals surface area contributed by atoms with Crippen LogP contribution in [0.3, 0.4) is 0 Å². The molecule has 1 aromatic heterocycles. The van der Waals surface area contributed by atoms with E-state index >= 15 is 0 Å². The SMILES string of the molecule is O=C(O)CC(NC(=O)[C@H](CCSC(c1ccccc1)(c1ccccc1)c1ccccc1)NC(=O)CCCCNc1ccccn1)c1ccc(-c2ccccc2)cc1. The van der Waals surface area contributed by atoms with E-state index in [1.807, 2.05) is 127 Å². The Kier molecular flexibility index (Phi) is 14.7. The molecule has 0 aliphatic carbocycles. The van der Waals surface area contributed by atoms with Gasteiger partial charge in [-0.15, -0.1) is 11.8 Å². The molecule has 0 radical (unpaired) electrons. The Balaban J connectivity index is 1.22. The van der Waals surface area contributed by atoms with E-state index in [-0.39, 0.29) is 18.7 Å². The second-order valence-electron chi connectivity index (χ2n) is 13.8. The maximum atomic E-state index is 14.3. The van der Waals surface area contributed by atoms with Gasteiger partial charge in [-0.3, -0.25) is 14.4 Å². The summed E-state index contributed by atoms with van der Waals surface area (Å²) in [7, 11) is 0. The topological polar surface area (TPSA) is 120 Å². The number of thioether (sulfide) groups is 1. The van der Waals surface area contributed by atoms with Crippen LogP contribution in [0.5, 0.6) is 0 Å². The number of carbonyl (C=O) groups excluding carboxylic acids is 2. The average Bonchev–Trinajstić information content (AvgIpc) is 3.26. The van der Waals surface area contributed by atoms with Crippen LogP contribution in [0.1, 0.15) is 60.4 Å². The van der Waals surface area contributed by atoms with Crippen molar-refractivity contribution in [1.29, 1.82) is 0 Å². The first-order valence-electron chi connectivity index (χ1n) is 19.3. The van der Waals surface area contributed by atoms with Gasteiger partial charge in [-0.05, 0) is 70.5 Å².